The summed E-state index contributed by atoms with van der Waals surface area (Å²) in [5, 5.41) is 2.26. The maximum Gasteiger partial charge on any atom is 0.416 e. The lowest BCUT2D eigenvalue weighted by atomic mass is 10.1. The number of nitrogens with one attached hydrogen (secondary N) is 1. The standard InChI is InChI=1S/C23H23F4N3O3/c1-22(2,3)33-21(32)28-12-6-11-18-29-17-10-5-9-16(24)19(17)20(31)30(18)15-8-4-7-14(13-15)23(25,26)27/h4-5,7-10,13H,6,11-12H2,1-3H3,(H,28,32). The molecule has 0 atom stereocenters. The maximum atomic E-state index is 14.4. The fourth-order valence-electron chi connectivity index (χ4n) is 3.24. The molecule has 0 saturated carbocycles. The van der Waals surface area contributed by atoms with E-state index in [1.807, 2.05) is 0 Å². The Kier molecular flexibility index (Phi) is 6.76. The number of carbonyl (C=O) groups excluding carboxylic acids is 1. The largest absolute Gasteiger partial charge is 0.444 e. The number of fused-ring (bicyclic) bond motifs is 1. The minimum atomic E-state index is -4.62. The van der Waals surface area contributed by atoms with E-state index < -0.39 is 34.8 Å². The van der Waals surface area contributed by atoms with E-state index in [1.165, 1.54) is 24.3 Å². The number of amides is 1. The maximum absolute atomic E-state index is 14.4. The van der Waals surface area contributed by atoms with Crippen LogP contribution in [0.1, 0.15) is 38.6 Å². The minimum absolute atomic E-state index is 0.0809. The second-order valence-electron chi connectivity index (χ2n) is 8.38. The zero-order valence-corrected chi connectivity index (χ0v) is 18.3. The van der Waals surface area contributed by atoms with Crippen LogP contribution in [0.5, 0.6) is 0 Å². The highest BCUT2D eigenvalue weighted by molar-refractivity contribution is 5.78. The molecule has 0 fully saturated rings. The van der Waals surface area contributed by atoms with Crippen LogP contribution in [0.15, 0.2) is 47.3 Å². The van der Waals surface area contributed by atoms with Crippen molar-refractivity contribution in [3.05, 3.63) is 70.0 Å². The highest BCUT2D eigenvalue weighted by atomic mass is 19.4. The molecule has 1 N–H and O–H groups in total. The first-order valence-corrected chi connectivity index (χ1v) is 10.2. The van der Waals surface area contributed by atoms with E-state index in [4.69, 9.17) is 4.74 Å². The Bertz CT molecular complexity index is 1230. The summed E-state index contributed by atoms with van der Waals surface area (Å²) in [7, 11) is 0. The lowest BCUT2D eigenvalue weighted by Gasteiger charge is -2.19. The molecule has 33 heavy (non-hydrogen) atoms. The molecule has 1 aromatic heterocycles. The van der Waals surface area contributed by atoms with Crippen LogP contribution in [0.25, 0.3) is 16.6 Å². The van der Waals surface area contributed by atoms with Crippen molar-refractivity contribution in [3.8, 4) is 5.69 Å². The summed E-state index contributed by atoms with van der Waals surface area (Å²) in [5.74, 6) is -0.674. The molecule has 1 amide bonds. The van der Waals surface area contributed by atoms with E-state index in [0.717, 1.165) is 22.8 Å². The highest BCUT2D eigenvalue weighted by Crippen LogP contribution is 2.30. The monoisotopic (exact) mass is 465 g/mol. The van der Waals surface area contributed by atoms with Gasteiger partial charge in [-0.2, -0.15) is 13.2 Å². The molecule has 176 valence electrons. The number of ether oxygens (including phenoxy) is 1. The third kappa shape index (κ3) is 5.88. The van der Waals surface area contributed by atoms with Gasteiger partial charge in [-0.15, -0.1) is 0 Å². The molecule has 0 aliphatic heterocycles. The fraction of sp³-hybridized carbons (Fsp3) is 0.348. The van der Waals surface area contributed by atoms with E-state index in [2.05, 4.69) is 10.3 Å². The Labute approximate surface area is 187 Å². The molecule has 0 saturated heterocycles. The molecular weight excluding hydrogens is 442 g/mol. The summed E-state index contributed by atoms with van der Waals surface area (Å²) in [6, 6.07) is 8.14. The SMILES string of the molecule is CC(C)(C)OC(=O)NCCCc1nc2cccc(F)c2c(=O)n1-c1cccc(C(F)(F)F)c1. The van der Waals surface area contributed by atoms with Crippen LogP contribution in [-0.2, 0) is 17.3 Å². The van der Waals surface area contributed by atoms with Crippen molar-refractivity contribution in [1.82, 2.24) is 14.9 Å². The van der Waals surface area contributed by atoms with Crippen LogP contribution in [0.3, 0.4) is 0 Å². The average molecular weight is 465 g/mol. The zero-order chi connectivity index (χ0) is 24.4. The quantitative estimate of drug-likeness (QED) is 0.425. The molecule has 0 aliphatic carbocycles. The van der Waals surface area contributed by atoms with Crippen molar-refractivity contribution < 1.29 is 27.1 Å². The Morgan fingerprint density at radius 2 is 1.82 bits per heavy atom. The third-order valence-corrected chi connectivity index (χ3v) is 4.59. The van der Waals surface area contributed by atoms with Gasteiger partial charge >= 0.3 is 12.3 Å². The fourth-order valence-corrected chi connectivity index (χ4v) is 3.24. The Hall–Kier alpha value is -3.43. The summed E-state index contributed by atoms with van der Waals surface area (Å²) < 4.78 is 60.2. The van der Waals surface area contributed by atoms with E-state index in [0.29, 0.717) is 6.42 Å². The number of hydrogen-bond acceptors (Lipinski definition) is 4. The molecule has 1 heterocycles. The van der Waals surface area contributed by atoms with Gasteiger partial charge in [-0.3, -0.25) is 9.36 Å². The summed E-state index contributed by atoms with van der Waals surface area (Å²) in [6.45, 7) is 5.34. The molecule has 0 aliphatic rings. The van der Waals surface area contributed by atoms with Crippen molar-refractivity contribution >= 4 is 17.0 Å². The summed E-state index contributed by atoms with van der Waals surface area (Å²) in [5.41, 5.74) is -2.41. The highest BCUT2D eigenvalue weighted by Gasteiger charge is 2.31. The number of hydrogen-bond donors (Lipinski definition) is 1. The van der Waals surface area contributed by atoms with Crippen LogP contribution in [0.4, 0.5) is 22.4 Å². The summed E-state index contributed by atoms with van der Waals surface area (Å²) >= 11 is 0. The van der Waals surface area contributed by atoms with Gasteiger partial charge in [-0.25, -0.2) is 14.2 Å². The second-order valence-corrected chi connectivity index (χ2v) is 8.38. The smallest absolute Gasteiger partial charge is 0.416 e. The predicted octanol–water partition coefficient (Wildman–Crippen LogP) is 5.00. The van der Waals surface area contributed by atoms with Gasteiger partial charge in [0.1, 0.15) is 22.6 Å². The first kappa shape index (κ1) is 24.2. The van der Waals surface area contributed by atoms with E-state index >= 15 is 0 Å². The average Bonchev–Trinajstić information content (AvgIpc) is 2.69. The van der Waals surface area contributed by atoms with Gasteiger partial charge in [0.05, 0.1) is 16.8 Å². The van der Waals surface area contributed by atoms with Gasteiger partial charge < -0.3 is 10.1 Å². The van der Waals surface area contributed by atoms with Crippen molar-refractivity contribution in [1.29, 1.82) is 0 Å². The summed E-state index contributed by atoms with van der Waals surface area (Å²) in [6.07, 6.45) is -4.79. The number of aryl methyl sites for hydroxylation is 1. The first-order chi connectivity index (χ1) is 15.4. The van der Waals surface area contributed by atoms with Crippen molar-refractivity contribution in [2.24, 2.45) is 0 Å². The molecular formula is C23H23F4N3O3. The van der Waals surface area contributed by atoms with Crippen molar-refractivity contribution in [3.63, 3.8) is 0 Å². The van der Waals surface area contributed by atoms with E-state index in [9.17, 15) is 27.2 Å². The van der Waals surface area contributed by atoms with Crippen molar-refractivity contribution in [2.75, 3.05) is 6.54 Å². The number of rotatable bonds is 5. The number of alkyl halides is 3. The molecule has 0 bridgehead atoms. The Morgan fingerprint density at radius 3 is 2.48 bits per heavy atom. The number of nitrogens with zero attached hydrogens (tertiary/aromatic N) is 2. The van der Waals surface area contributed by atoms with Crippen LogP contribution in [0.2, 0.25) is 0 Å². The van der Waals surface area contributed by atoms with Crippen LogP contribution < -0.4 is 10.9 Å². The van der Waals surface area contributed by atoms with Gasteiger partial charge in [0.25, 0.3) is 5.56 Å². The van der Waals surface area contributed by atoms with E-state index in [1.54, 1.807) is 20.8 Å². The van der Waals surface area contributed by atoms with Crippen LogP contribution in [0, 0.1) is 5.82 Å². The van der Waals surface area contributed by atoms with Gasteiger partial charge in [-0.05, 0) is 57.5 Å². The second kappa shape index (κ2) is 9.21. The molecule has 3 aromatic rings. The van der Waals surface area contributed by atoms with Gasteiger partial charge in [0, 0.05) is 13.0 Å². The van der Waals surface area contributed by atoms with Crippen molar-refractivity contribution in [2.45, 2.75) is 45.4 Å². The van der Waals surface area contributed by atoms with Crippen LogP contribution in [-0.4, -0.2) is 27.8 Å². The number of aromatic nitrogens is 2. The molecule has 6 nitrogen and oxygen atoms in total. The number of alkyl carbamates (subject to hydrolysis) is 1. The molecule has 0 radical (unpaired) electrons. The lowest BCUT2D eigenvalue weighted by Crippen LogP contribution is -2.33. The van der Waals surface area contributed by atoms with Crippen LogP contribution >= 0.6 is 0 Å². The van der Waals surface area contributed by atoms with Gasteiger partial charge in [0.2, 0.25) is 0 Å². The molecule has 3 rings (SSSR count). The number of halogens is 4. The normalized spacial score (nSPS) is 12.1. The van der Waals surface area contributed by atoms with E-state index in [-0.39, 0.29) is 35.4 Å². The lowest BCUT2D eigenvalue weighted by molar-refractivity contribution is -0.137. The molecule has 2 aromatic carbocycles. The minimum Gasteiger partial charge on any atom is -0.444 e. The first-order valence-electron chi connectivity index (χ1n) is 10.2. The van der Waals surface area contributed by atoms with Gasteiger partial charge in [-0.1, -0.05) is 12.1 Å². The predicted molar refractivity (Wildman–Crippen MR) is 115 cm³/mol. The molecule has 0 unspecified atom stereocenters. The summed E-state index contributed by atoms with van der Waals surface area (Å²) in [4.78, 5) is 29.3. The molecule has 0 spiro atoms. The number of benzene rings is 2. The Morgan fingerprint density at radius 1 is 1.12 bits per heavy atom. The van der Waals surface area contributed by atoms with Gasteiger partial charge in [0.15, 0.2) is 0 Å². The topological polar surface area (TPSA) is 73.2 Å². The molecule has 10 heteroatoms. The Balaban J connectivity index is 1.97. The zero-order valence-electron chi connectivity index (χ0n) is 18.3. The number of carbonyl (C=O) groups is 1. The third-order valence-electron chi connectivity index (χ3n) is 4.59.